The average molecular weight is 389 g/mol. The third-order valence-electron chi connectivity index (χ3n) is 4.06. The van der Waals surface area contributed by atoms with Gasteiger partial charge in [0.05, 0.1) is 5.75 Å². The van der Waals surface area contributed by atoms with Gasteiger partial charge in [-0.05, 0) is 37.1 Å². The van der Waals surface area contributed by atoms with Crippen molar-refractivity contribution in [2.24, 2.45) is 0 Å². The normalized spacial score (nSPS) is 16.1. The highest BCUT2D eigenvalue weighted by Gasteiger charge is 2.39. The van der Waals surface area contributed by atoms with Crippen LogP contribution in [0, 0.1) is 5.82 Å². The number of carbonyl (C=O) groups excluding carboxylic acids is 1. The van der Waals surface area contributed by atoms with Crippen LogP contribution in [-0.4, -0.2) is 39.8 Å². The first-order chi connectivity index (χ1) is 12.3. The molecule has 1 aliphatic heterocycles. The molecule has 1 aromatic heterocycles. The summed E-state index contributed by atoms with van der Waals surface area (Å²) in [5.74, 6) is -1.86. The van der Waals surface area contributed by atoms with Crippen molar-refractivity contribution in [3.05, 3.63) is 41.9 Å². The molecule has 0 bridgehead atoms. The van der Waals surface area contributed by atoms with Crippen LogP contribution < -0.4 is 0 Å². The Balaban J connectivity index is 1.49. The van der Waals surface area contributed by atoms with Gasteiger partial charge in [-0.1, -0.05) is 0 Å². The molecule has 10 heteroatoms. The first-order valence-corrected chi connectivity index (χ1v) is 8.88. The van der Waals surface area contributed by atoms with Gasteiger partial charge in [-0.15, -0.1) is 22.0 Å². The van der Waals surface area contributed by atoms with E-state index in [2.05, 4.69) is 10.2 Å². The van der Waals surface area contributed by atoms with Gasteiger partial charge in [0, 0.05) is 23.9 Å². The largest absolute Gasteiger partial charge is 0.470 e. The van der Waals surface area contributed by atoms with Crippen LogP contribution >= 0.6 is 11.8 Å². The van der Waals surface area contributed by atoms with Crippen molar-refractivity contribution in [3.63, 3.8) is 0 Å². The van der Waals surface area contributed by atoms with E-state index in [0.29, 0.717) is 25.9 Å². The Bertz CT molecular complexity index is 756. The van der Waals surface area contributed by atoms with Crippen molar-refractivity contribution in [3.8, 4) is 0 Å². The minimum Gasteiger partial charge on any atom is -0.417 e. The number of hydrogen-bond acceptors (Lipinski definition) is 5. The highest BCUT2D eigenvalue weighted by atomic mass is 32.2. The fourth-order valence-electron chi connectivity index (χ4n) is 2.66. The van der Waals surface area contributed by atoms with Crippen LogP contribution in [0.3, 0.4) is 0 Å². The molecular weight excluding hydrogens is 374 g/mol. The van der Waals surface area contributed by atoms with Gasteiger partial charge in [0.15, 0.2) is 0 Å². The zero-order chi connectivity index (χ0) is 18.7. The van der Waals surface area contributed by atoms with E-state index < -0.39 is 12.1 Å². The second-order valence-electron chi connectivity index (χ2n) is 5.84. The summed E-state index contributed by atoms with van der Waals surface area (Å²) in [6, 6.07) is 5.87. The minimum atomic E-state index is -4.65. The number of amides is 1. The second kappa shape index (κ2) is 7.65. The third kappa shape index (κ3) is 4.54. The van der Waals surface area contributed by atoms with Gasteiger partial charge in [0.2, 0.25) is 11.8 Å². The fraction of sp³-hybridized carbons (Fsp3) is 0.438. The molecule has 5 nitrogen and oxygen atoms in total. The Morgan fingerprint density at radius 1 is 1.19 bits per heavy atom. The maximum Gasteiger partial charge on any atom is 0.470 e. The predicted molar refractivity (Wildman–Crippen MR) is 85.0 cm³/mol. The third-order valence-corrected chi connectivity index (χ3v) is 5.05. The highest BCUT2D eigenvalue weighted by molar-refractivity contribution is 8.00. The molecule has 2 aromatic rings. The van der Waals surface area contributed by atoms with Crippen molar-refractivity contribution in [2.75, 3.05) is 18.8 Å². The van der Waals surface area contributed by atoms with E-state index in [1.54, 1.807) is 17.0 Å². The van der Waals surface area contributed by atoms with Crippen molar-refractivity contribution in [1.82, 2.24) is 15.1 Å². The molecule has 1 fully saturated rings. The van der Waals surface area contributed by atoms with E-state index in [1.165, 1.54) is 23.9 Å². The van der Waals surface area contributed by atoms with E-state index >= 15 is 0 Å². The van der Waals surface area contributed by atoms with Crippen LogP contribution in [0.15, 0.2) is 33.6 Å². The van der Waals surface area contributed by atoms with Crippen LogP contribution in [0.1, 0.15) is 30.5 Å². The summed E-state index contributed by atoms with van der Waals surface area (Å²) in [5.41, 5.74) is 0. The molecule has 0 unspecified atom stereocenters. The van der Waals surface area contributed by atoms with Crippen molar-refractivity contribution in [1.29, 1.82) is 0 Å². The molecule has 1 aliphatic rings. The van der Waals surface area contributed by atoms with Crippen molar-refractivity contribution >= 4 is 17.7 Å². The minimum absolute atomic E-state index is 0.0369. The molecule has 0 spiro atoms. The fourth-order valence-corrected chi connectivity index (χ4v) is 3.46. The zero-order valence-corrected chi connectivity index (χ0v) is 14.3. The summed E-state index contributed by atoms with van der Waals surface area (Å²) in [7, 11) is 0. The molecule has 0 atom stereocenters. The predicted octanol–water partition coefficient (Wildman–Crippen LogP) is 3.73. The molecule has 1 amide bonds. The summed E-state index contributed by atoms with van der Waals surface area (Å²) >= 11 is 1.31. The van der Waals surface area contributed by atoms with E-state index in [9.17, 15) is 22.4 Å². The molecule has 0 N–H and O–H groups in total. The molecular formula is C16H15F4N3O2S. The number of benzene rings is 1. The van der Waals surface area contributed by atoms with Gasteiger partial charge in [-0.2, -0.15) is 13.2 Å². The molecule has 2 heterocycles. The van der Waals surface area contributed by atoms with Gasteiger partial charge >= 0.3 is 12.1 Å². The van der Waals surface area contributed by atoms with Crippen molar-refractivity contribution < 1.29 is 26.8 Å². The summed E-state index contributed by atoms with van der Waals surface area (Å²) < 4.78 is 55.1. The quantitative estimate of drug-likeness (QED) is 0.589. The number of nitrogens with zero attached hydrogens (tertiary/aromatic N) is 3. The van der Waals surface area contributed by atoms with E-state index in [1.807, 2.05) is 0 Å². The number of rotatable bonds is 4. The zero-order valence-electron chi connectivity index (χ0n) is 13.5. The van der Waals surface area contributed by atoms with Crippen LogP contribution in [0.25, 0.3) is 0 Å². The highest BCUT2D eigenvalue weighted by Crippen LogP contribution is 2.32. The van der Waals surface area contributed by atoms with Crippen LogP contribution in [-0.2, 0) is 11.0 Å². The lowest BCUT2D eigenvalue weighted by atomic mass is 9.97. The SMILES string of the molecule is O=C(CSc1ccc(F)cc1)N1CCC(c2nnc(C(F)(F)F)o2)CC1. The first kappa shape index (κ1) is 18.7. The van der Waals surface area contributed by atoms with Crippen molar-refractivity contribution in [2.45, 2.75) is 29.8 Å². The summed E-state index contributed by atoms with van der Waals surface area (Å²) in [6.45, 7) is 0.828. The molecule has 1 aromatic carbocycles. The molecule has 140 valence electrons. The van der Waals surface area contributed by atoms with Gasteiger partial charge < -0.3 is 9.32 Å². The molecule has 1 saturated heterocycles. The average Bonchev–Trinajstić information content (AvgIpc) is 3.12. The van der Waals surface area contributed by atoms with Crippen LogP contribution in [0.5, 0.6) is 0 Å². The number of halogens is 4. The van der Waals surface area contributed by atoms with E-state index in [-0.39, 0.29) is 29.3 Å². The Labute approximate surface area is 150 Å². The first-order valence-electron chi connectivity index (χ1n) is 7.89. The lowest BCUT2D eigenvalue weighted by Gasteiger charge is -2.30. The Hall–Kier alpha value is -2.10. The lowest BCUT2D eigenvalue weighted by molar-refractivity contribution is -0.157. The Kier molecular flexibility index (Phi) is 5.49. The summed E-state index contributed by atoms with van der Waals surface area (Å²) in [6.07, 6.45) is -3.72. The number of thioether (sulfide) groups is 1. The summed E-state index contributed by atoms with van der Waals surface area (Å²) in [5, 5.41) is 6.52. The molecule has 0 radical (unpaired) electrons. The second-order valence-corrected chi connectivity index (χ2v) is 6.89. The van der Waals surface area contributed by atoms with E-state index in [0.717, 1.165) is 4.90 Å². The number of carbonyl (C=O) groups is 1. The summed E-state index contributed by atoms with van der Waals surface area (Å²) in [4.78, 5) is 14.7. The van der Waals surface area contributed by atoms with Gasteiger partial charge in [-0.25, -0.2) is 4.39 Å². The molecule has 26 heavy (non-hydrogen) atoms. The smallest absolute Gasteiger partial charge is 0.417 e. The van der Waals surface area contributed by atoms with Crippen LogP contribution in [0.2, 0.25) is 0 Å². The van der Waals surface area contributed by atoms with E-state index in [4.69, 9.17) is 4.42 Å². The van der Waals surface area contributed by atoms with Gasteiger partial charge in [0.25, 0.3) is 0 Å². The monoisotopic (exact) mass is 389 g/mol. The number of aromatic nitrogens is 2. The molecule has 0 aliphatic carbocycles. The number of hydrogen-bond donors (Lipinski definition) is 0. The lowest BCUT2D eigenvalue weighted by Crippen LogP contribution is -2.39. The Morgan fingerprint density at radius 3 is 2.42 bits per heavy atom. The number of likely N-dealkylation sites (tertiary alicyclic amines) is 1. The van der Waals surface area contributed by atoms with Gasteiger partial charge in [-0.3, -0.25) is 4.79 Å². The number of alkyl halides is 3. The molecule has 3 rings (SSSR count). The maximum atomic E-state index is 12.9. The standard InChI is InChI=1S/C16H15F4N3O2S/c17-11-1-3-12(4-2-11)26-9-13(24)23-7-5-10(6-8-23)14-21-22-15(25-14)16(18,19)20/h1-4,10H,5-9H2. The van der Waals surface area contributed by atoms with Crippen LogP contribution in [0.4, 0.5) is 17.6 Å². The number of piperidine rings is 1. The van der Waals surface area contributed by atoms with Gasteiger partial charge in [0.1, 0.15) is 5.82 Å². The maximum absolute atomic E-state index is 12.9. The Morgan fingerprint density at radius 2 is 1.85 bits per heavy atom. The topological polar surface area (TPSA) is 59.2 Å². The molecule has 0 saturated carbocycles.